The zero-order valence-electron chi connectivity index (χ0n) is 10.7. The molecule has 0 aliphatic carbocycles. The maximum atomic E-state index is 4.18. The van der Waals surface area contributed by atoms with E-state index in [2.05, 4.69) is 42.9 Å². The van der Waals surface area contributed by atoms with Crippen molar-refractivity contribution in [3.05, 3.63) is 11.9 Å². The fourth-order valence-electron chi connectivity index (χ4n) is 1.53. The molecule has 88 valence electrons. The third-order valence-electron chi connectivity index (χ3n) is 2.16. The number of hydrogen-bond donors (Lipinski definition) is 0. The summed E-state index contributed by atoms with van der Waals surface area (Å²) in [5.41, 5.74) is 1.35. The third kappa shape index (κ3) is 4.97. The molecular weight excluding hydrogens is 198 g/mol. The van der Waals surface area contributed by atoms with Crippen LogP contribution in [0.1, 0.15) is 46.2 Å². The van der Waals surface area contributed by atoms with E-state index in [0.717, 1.165) is 31.5 Å². The topological polar surface area (TPSA) is 30.7 Å². The highest BCUT2D eigenvalue weighted by Crippen LogP contribution is 2.18. The number of aryl methyl sites for hydroxylation is 1. The van der Waals surface area contributed by atoms with Gasteiger partial charge < -0.3 is 0 Å². The van der Waals surface area contributed by atoms with E-state index < -0.39 is 0 Å². The predicted octanol–water partition coefficient (Wildman–Crippen LogP) is 2.67. The Morgan fingerprint density at radius 1 is 1.38 bits per heavy atom. The van der Waals surface area contributed by atoms with Crippen molar-refractivity contribution in [2.75, 3.05) is 0 Å². The highest BCUT2D eigenvalue weighted by Gasteiger charge is 2.13. The van der Waals surface area contributed by atoms with Gasteiger partial charge in [-0.2, -0.15) is 0 Å². The summed E-state index contributed by atoms with van der Waals surface area (Å²) in [6, 6.07) is 0. The van der Waals surface area contributed by atoms with Gasteiger partial charge in [-0.3, -0.25) is 4.68 Å². The molecule has 0 atom stereocenters. The van der Waals surface area contributed by atoms with Gasteiger partial charge in [-0.15, -0.1) is 16.9 Å². The monoisotopic (exact) mass is 219 g/mol. The number of aromatic nitrogens is 3. The van der Waals surface area contributed by atoms with E-state index in [0.29, 0.717) is 0 Å². The highest BCUT2D eigenvalue weighted by molar-refractivity contribution is 4.96. The van der Waals surface area contributed by atoms with Crippen molar-refractivity contribution >= 4 is 0 Å². The number of hydrogen-bond acceptors (Lipinski definition) is 2. The summed E-state index contributed by atoms with van der Waals surface area (Å²) in [6.45, 7) is 9.41. The second-order valence-electron chi connectivity index (χ2n) is 5.24. The van der Waals surface area contributed by atoms with Gasteiger partial charge in [0.05, 0.1) is 5.69 Å². The first kappa shape index (κ1) is 12.8. The second kappa shape index (κ2) is 5.69. The number of rotatable bonds is 4. The Labute approximate surface area is 98.2 Å². The van der Waals surface area contributed by atoms with Crippen molar-refractivity contribution < 1.29 is 0 Å². The summed E-state index contributed by atoms with van der Waals surface area (Å²) >= 11 is 0. The van der Waals surface area contributed by atoms with Gasteiger partial charge in [0.25, 0.3) is 0 Å². The van der Waals surface area contributed by atoms with Gasteiger partial charge in [0.2, 0.25) is 0 Å². The smallest absolute Gasteiger partial charge is 0.0832 e. The molecule has 3 heteroatoms. The molecule has 0 fully saturated rings. The molecule has 1 rings (SSSR count). The fraction of sp³-hybridized carbons (Fsp3) is 0.692. The van der Waals surface area contributed by atoms with Crippen LogP contribution in [0.25, 0.3) is 0 Å². The van der Waals surface area contributed by atoms with Gasteiger partial charge in [0, 0.05) is 19.2 Å². The Morgan fingerprint density at radius 2 is 2.12 bits per heavy atom. The minimum absolute atomic E-state index is 0.272. The largest absolute Gasteiger partial charge is 0.252 e. The summed E-state index contributed by atoms with van der Waals surface area (Å²) in [4.78, 5) is 0. The quantitative estimate of drug-likeness (QED) is 0.576. The summed E-state index contributed by atoms with van der Waals surface area (Å²) in [5, 5.41) is 8.29. The molecule has 1 aromatic rings. The third-order valence-corrected chi connectivity index (χ3v) is 2.16. The molecule has 16 heavy (non-hydrogen) atoms. The van der Waals surface area contributed by atoms with E-state index in [9.17, 15) is 0 Å². The molecule has 0 bridgehead atoms. The molecule has 0 aromatic carbocycles. The first-order valence-electron chi connectivity index (χ1n) is 5.80. The first-order valence-corrected chi connectivity index (χ1v) is 5.80. The van der Waals surface area contributed by atoms with E-state index in [4.69, 9.17) is 0 Å². The molecule has 1 aromatic heterocycles. The molecule has 1 heterocycles. The average molecular weight is 219 g/mol. The molecule has 0 aliphatic rings. The van der Waals surface area contributed by atoms with E-state index in [1.807, 2.05) is 17.8 Å². The Balaban J connectivity index is 2.41. The lowest BCUT2D eigenvalue weighted by Crippen LogP contribution is -2.09. The maximum absolute atomic E-state index is 4.18. The maximum Gasteiger partial charge on any atom is 0.0832 e. The summed E-state index contributed by atoms with van der Waals surface area (Å²) in [5.74, 6) is 5.95. The SMILES string of the molecule is CC#CCCCn1cc(CC(C)(C)C)nn1. The molecule has 0 spiro atoms. The standard InChI is InChI=1S/C13H21N3/c1-5-6-7-8-9-16-11-12(14-15-16)10-13(2,3)4/h11H,7-10H2,1-4H3. The number of unbranched alkanes of at least 4 members (excludes halogenated alkanes) is 1. The minimum Gasteiger partial charge on any atom is -0.252 e. The van der Waals surface area contributed by atoms with Crippen LogP contribution in [0, 0.1) is 17.3 Å². The molecule has 0 aliphatic heterocycles. The first-order chi connectivity index (χ1) is 7.51. The van der Waals surface area contributed by atoms with Gasteiger partial charge >= 0.3 is 0 Å². The molecular formula is C13H21N3. The van der Waals surface area contributed by atoms with Crippen LogP contribution in [0.15, 0.2) is 6.20 Å². The van der Waals surface area contributed by atoms with Crippen molar-refractivity contribution in [3.63, 3.8) is 0 Å². The van der Waals surface area contributed by atoms with Crippen LogP contribution in [0.2, 0.25) is 0 Å². The second-order valence-corrected chi connectivity index (χ2v) is 5.24. The molecule has 0 unspecified atom stereocenters. The van der Waals surface area contributed by atoms with Crippen molar-refractivity contribution in [1.29, 1.82) is 0 Å². The Morgan fingerprint density at radius 3 is 2.75 bits per heavy atom. The molecule has 0 radical (unpaired) electrons. The van der Waals surface area contributed by atoms with Gasteiger partial charge in [-0.05, 0) is 25.2 Å². The van der Waals surface area contributed by atoms with Crippen LogP contribution >= 0.6 is 0 Å². The number of nitrogens with zero attached hydrogens (tertiary/aromatic N) is 3. The summed E-state index contributed by atoms with van der Waals surface area (Å²) < 4.78 is 1.92. The van der Waals surface area contributed by atoms with Crippen LogP contribution in [-0.2, 0) is 13.0 Å². The minimum atomic E-state index is 0.272. The van der Waals surface area contributed by atoms with Crippen LogP contribution < -0.4 is 0 Å². The van der Waals surface area contributed by atoms with Crippen LogP contribution in [0.3, 0.4) is 0 Å². The van der Waals surface area contributed by atoms with Crippen molar-refractivity contribution in [1.82, 2.24) is 15.0 Å². The lowest BCUT2D eigenvalue weighted by Gasteiger charge is -2.15. The van der Waals surface area contributed by atoms with Gasteiger partial charge in [-0.1, -0.05) is 26.0 Å². The van der Waals surface area contributed by atoms with Crippen molar-refractivity contribution in [2.24, 2.45) is 5.41 Å². The summed E-state index contributed by atoms with van der Waals surface area (Å²) in [6.07, 6.45) is 5.00. The van der Waals surface area contributed by atoms with Gasteiger partial charge in [0.1, 0.15) is 0 Å². The van der Waals surface area contributed by atoms with Crippen LogP contribution in [0.4, 0.5) is 0 Å². The highest BCUT2D eigenvalue weighted by atomic mass is 15.4. The molecule has 3 nitrogen and oxygen atoms in total. The normalized spacial score (nSPS) is 11.0. The molecule has 0 N–H and O–H groups in total. The predicted molar refractivity (Wildman–Crippen MR) is 65.9 cm³/mol. The van der Waals surface area contributed by atoms with Crippen molar-refractivity contribution in [2.45, 2.75) is 53.5 Å². The average Bonchev–Trinajstić information content (AvgIpc) is 2.58. The zero-order chi connectivity index (χ0) is 12.0. The van der Waals surface area contributed by atoms with Gasteiger partial charge in [0.15, 0.2) is 0 Å². The Bertz CT molecular complexity index is 374. The van der Waals surface area contributed by atoms with E-state index in [-0.39, 0.29) is 5.41 Å². The Kier molecular flexibility index (Phi) is 4.54. The van der Waals surface area contributed by atoms with E-state index in [1.165, 1.54) is 0 Å². The van der Waals surface area contributed by atoms with E-state index in [1.54, 1.807) is 0 Å². The van der Waals surface area contributed by atoms with Crippen LogP contribution in [0.5, 0.6) is 0 Å². The zero-order valence-corrected chi connectivity index (χ0v) is 10.7. The molecule has 0 amide bonds. The lowest BCUT2D eigenvalue weighted by molar-refractivity contribution is 0.406. The summed E-state index contributed by atoms with van der Waals surface area (Å²) in [7, 11) is 0. The van der Waals surface area contributed by atoms with Gasteiger partial charge in [-0.25, -0.2) is 0 Å². The molecule has 0 saturated heterocycles. The molecule has 0 saturated carbocycles. The van der Waals surface area contributed by atoms with Crippen molar-refractivity contribution in [3.8, 4) is 11.8 Å². The fourth-order valence-corrected chi connectivity index (χ4v) is 1.53. The lowest BCUT2D eigenvalue weighted by atomic mass is 9.91. The van der Waals surface area contributed by atoms with E-state index >= 15 is 0 Å². The van der Waals surface area contributed by atoms with Crippen LogP contribution in [-0.4, -0.2) is 15.0 Å². The Hall–Kier alpha value is -1.30.